The highest BCUT2D eigenvalue weighted by molar-refractivity contribution is 7.84. The molecular formula is C13H25NO4S. The fourth-order valence-corrected chi connectivity index (χ4v) is 2.80. The van der Waals surface area contributed by atoms with Gasteiger partial charge in [-0.3, -0.25) is 9.00 Å². The van der Waals surface area contributed by atoms with Gasteiger partial charge in [-0.15, -0.1) is 0 Å². The van der Waals surface area contributed by atoms with Crippen molar-refractivity contribution >= 4 is 16.8 Å². The molecule has 0 saturated heterocycles. The summed E-state index contributed by atoms with van der Waals surface area (Å²) in [5.41, 5.74) is -0.738. The zero-order valence-electron chi connectivity index (χ0n) is 11.8. The van der Waals surface area contributed by atoms with E-state index in [0.29, 0.717) is 51.1 Å². The van der Waals surface area contributed by atoms with Gasteiger partial charge in [0.25, 0.3) is 0 Å². The third-order valence-corrected chi connectivity index (χ3v) is 4.34. The number of esters is 1. The Bertz CT molecular complexity index is 314. The molecule has 0 amide bonds. The summed E-state index contributed by atoms with van der Waals surface area (Å²) in [6, 6.07) is 0. The normalized spacial score (nSPS) is 28.9. The highest BCUT2D eigenvalue weighted by Crippen LogP contribution is 2.32. The minimum absolute atomic E-state index is 0.0663. The monoisotopic (exact) mass is 291 g/mol. The molecule has 19 heavy (non-hydrogen) atoms. The Labute approximate surface area is 117 Å². The molecule has 1 rings (SSSR count). The lowest BCUT2D eigenvalue weighted by molar-refractivity contribution is -0.151. The number of hydrogen-bond acceptors (Lipinski definition) is 5. The predicted octanol–water partition coefficient (Wildman–Crippen LogP) is 0.439. The van der Waals surface area contributed by atoms with Crippen molar-refractivity contribution in [1.29, 1.82) is 0 Å². The SMILES string of the molecule is CCOC(=O)C1CCC(O)(CNCCS(C)=O)CC1. The lowest BCUT2D eigenvalue weighted by Crippen LogP contribution is -2.45. The summed E-state index contributed by atoms with van der Waals surface area (Å²) in [6.07, 6.45) is 4.24. The first-order valence-electron chi connectivity index (χ1n) is 6.86. The van der Waals surface area contributed by atoms with Gasteiger partial charge in [0.2, 0.25) is 0 Å². The Morgan fingerprint density at radius 1 is 1.47 bits per heavy atom. The first-order chi connectivity index (χ1) is 8.97. The molecule has 1 atom stereocenters. The van der Waals surface area contributed by atoms with Crippen molar-refractivity contribution < 1.29 is 18.8 Å². The molecule has 2 N–H and O–H groups in total. The fourth-order valence-electron chi connectivity index (χ4n) is 2.36. The Morgan fingerprint density at radius 3 is 2.63 bits per heavy atom. The summed E-state index contributed by atoms with van der Waals surface area (Å²) >= 11 is 0. The molecule has 0 aromatic heterocycles. The molecule has 112 valence electrons. The number of carbonyl (C=O) groups excluding carboxylic acids is 1. The van der Waals surface area contributed by atoms with Gasteiger partial charge in [0, 0.05) is 35.9 Å². The summed E-state index contributed by atoms with van der Waals surface area (Å²) in [5.74, 6) is 0.392. The molecule has 1 aliphatic carbocycles. The Hall–Kier alpha value is -0.460. The van der Waals surface area contributed by atoms with E-state index >= 15 is 0 Å². The summed E-state index contributed by atoms with van der Waals surface area (Å²) in [7, 11) is -0.805. The lowest BCUT2D eigenvalue weighted by Gasteiger charge is -2.35. The molecule has 0 aromatic rings. The molecule has 0 heterocycles. The van der Waals surface area contributed by atoms with Crippen LogP contribution in [0.15, 0.2) is 0 Å². The zero-order valence-corrected chi connectivity index (χ0v) is 12.6. The van der Waals surface area contributed by atoms with Crippen LogP contribution >= 0.6 is 0 Å². The Kier molecular flexibility index (Phi) is 6.96. The van der Waals surface area contributed by atoms with Crippen molar-refractivity contribution in [3.05, 3.63) is 0 Å². The summed E-state index contributed by atoms with van der Waals surface area (Å²) < 4.78 is 15.9. The van der Waals surface area contributed by atoms with E-state index in [1.54, 1.807) is 13.2 Å². The second-order valence-corrected chi connectivity index (χ2v) is 6.76. The van der Waals surface area contributed by atoms with Crippen LogP contribution in [0.2, 0.25) is 0 Å². The van der Waals surface area contributed by atoms with Gasteiger partial charge in [0.05, 0.1) is 18.1 Å². The molecule has 1 fully saturated rings. The van der Waals surface area contributed by atoms with E-state index in [2.05, 4.69) is 5.32 Å². The topological polar surface area (TPSA) is 75.6 Å². The number of carbonyl (C=O) groups is 1. The number of ether oxygens (including phenoxy) is 1. The molecule has 6 heteroatoms. The van der Waals surface area contributed by atoms with Crippen LogP contribution in [-0.4, -0.2) is 52.6 Å². The van der Waals surface area contributed by atoms with Crippen molar-refractivity contribution in [1.82, 2.24) is 5.32 Å². The maximum Gasteiger partial charge on any atom is 0.308 e. The second-order valence-electron chi connectivity index (χ2n) is 5.20. The van der Waals surface area contributed by atoms with E-state index in [1.165, 1.54) is 0 Å². The first kappa shape index (κ1) is 16.6. The van der Waals surface area contributed by atoms with Crippen LogP contribution in [0.25, 0.3) is 0 Å². The van der Waals surface area contributed by atoms with E-state index in [1.807, 2.05) is 0 Å². The smallest absolute Gasteiger partial charge is 0.308 e. The minimum Gasteiger partial charge on any atom is -0.466 e. The molecular weight excluding hydrogens is 266 g/mol. The largest absolute Gasteiger partial charge is 0.466 e. The van der Waals surface area contributed by atoms with Gasteiger partial charge in [0.15, 0.2) is 0 Å². The van der Waals surface area contributed by atoms with E-state index in [0.717, 1.165) is 0 Å². The number of rotatable bonds is 7. The Balaban J connectivity index is 2.26. The Morgan fingerprint density at radius 2 is 2.11 bits per heavy atom. The van der Waals surface area contributed by atoms with E-state index in [4.69, 9.17) is 4.74 Å². The summed E-state index contributed by atoms with van der Waals surface area (Å²) in [5, 5.41) is 13.5. The number of hydrogen-bond donors (Lipinski definition) is 2. The molecule has 0 aliphatic heterocycles. The average Bonchev–Trinajstić information content (AvgIpc) is 2.36. The van der Waals surface area contributed by atoms with Gasteiger partial charge >= 0.3 is 5.97 Å². The van der Waals surface area contributed by atoms with Gasteiger partial charge in [-0.2, -0.15) is 0 Å². The second kappa shape index (κ2) is 7.97. The van der Waals surface area contributed by atoms with E-state index in [-0.39, 0.29) is 11.9 Å². The molecule has 0 radical (unpaired) electrons. The van der Waals surface area contributed by atoms with Crippen LogP contribution in [0.1, 0.15) is 32.6 Å². The maximum atomic E-state index is 11.6. The fraction of sp³-hybridized carbons (Fsp3) is 0.923. The average molecular weight is 291 g/mol. The third kappa shape index (κ3) is 6.01. The number of aliphatic hydroxyl groups is 1. The quantitative estimate of drug-likeness (QED) is 0.526. The highest BCUT2D eigenvalue weighted by Gasteiger charge is 2.35. The molecule has 0 spiro atoms. The van der Waals surface area contributed by atoms with Gasteiger partial charge in [-0.05, 0) is 32.6 Å². The third-order valence-electron chi connectivity index (χ3n) is 3.56. The molecule has 1 saturated carbocycles. The van der Waals surface area contributed by atoms with Gasteiger partial charge in [0.1, 0.15) is 0 Å². The summed E-state index contributed by atoms with van der Waals surface area (Å²) in [6.45, 7) is 3.36. The molecule has 5 nitrogen and oxygen atoms in total. The minimum atomic E-state index is -0.805. The first-order valence-corrected chi connectivity index (χ1v) is 8.59. The van der Waals surface area contributed by atoms with Crippen LogP contribution < -0.4 is 5.32 Å². The van der Waals surface area contributed by atoms with Crippen LogP contribution in [0.4, 0.5) is 0 Å². The van der Waals surface area contributed by atoms with Crippen molar-refractivity contribution in [3.8, 4) is 0 Å². The standard InChI is InChI=1S/C13H25NO4S/c1-3-18-12(15)11-4-6-13(16,7-5-11)10-14-8-9-19(2)17/h11,14,16H,3-10H2,1-2H3. The summed E-state index contributed by atoms with van der Waals surface area (Å²) in [4.78, 5) is 11.6. The zero-order chi connectivity index (χ0) is 14.3. The van der Waals surface area contributed by atoms with Crippen molar-refractivity contribution in [2.24, 2.45) is 5.92 Å². The molecule has 1 unspecified atom stereocenters. The van der Waals surface area contributed by atoms with Crippen LogP contribution in [0.3, 0.4) is 0 Å². The molecule has 0 bridgehead atoms. The van der Waals surface area contributed by atoms with Gasteiger partial charge in [-0.25, -0.2) is 0 Å². The van der Waals surface area contributed by atoms with Crippen LogP contribution in [0.5, 0.6) is 0 Å². The van der Waals surface area contributed by atoms with Gasteiger partial charge < -0.3 is 15.2 Å². The van der Waals surface area contributed by atoms with Crippen molar-refractivity contribution in [2.75, 3.05) is 31.7 Å². The number of nitrogens with one attached hydrogen (secondary N) is 1. The van der Waals surface area contributed by atoms with Crippen molar-refractivity contribution in [2.45, 2.75) is 38.2 Å². The maximum absolute atomic E-state index is 11.6. The van der Waals surface area contributed by atoms with Crippen molar-refractivity contribution in [3.63, 3.8) is 0 Å². The van der Waals surface area contributed by atoms with E-state index in [9.17, 15) is 14.1 Å². The predicted molar refractivity (Wildman–Crippen MR) is 75.3 cm³/mol. The van der Waals surface area contributed by atoms with Gasteiger partial charge in [-0.1, -0.05) is 0 Å². The lowest BCUT2D eigenvalue weighted by atomic mass is 9.79. The van der Waals surface area contributed by atoms with Crippen LogP contribution in [-0.2, 0) is 20.3 Å². The molecule has 1 aliphatic rings. The van der Waals surface area contributed by atoms with Crippen LogP contribution in [0, 0.1) is 5.92 Å². The molecule has 0 aromatic carbocycles. The van der Waals surface area contributed by atoms with E-state index < -0.39 is 16.4 Å². The highest BCUT2D eigenvalue weighted by atomic mass is 32.2.